The summed E-state index contributed by atoms with van der Waals surface area (Å²) in [5.74, 6) is 5.13. The molecular formula is C15H21N3O2S. The number of aromatic nitrogens is 2. The quantitative estimate of drug-likeness (QED) is 0.941. The molecule has 0 amide bonds. The first-order chi connectivity index (χ1) is 10.2. The summed E-state index contributed by atoms with van der Waals surface area (Å²) in [5, 5.41) is 0. The van der Waals surface area contributed by atoms with E-state index in [0.29, 0.717) is 23.4 Å². The van der Waals surface area contributed by atoms with Gasteiger partial charge in [-0.1, -0.05) is 0 Å². The molecule has 0 spiro atoms. The van der Waals surface area contributed by atoms with Crippen molar-refractivity contribution >= 4 is 28.7 Å². The van der Waals surface area contributed by atoms with Crippen molar-refractivity contribution in [2.24, 2.45) is 5.92 Å². The molecule has 0 radical (unpaired) electrons. The van der Waals surface area contributed by atoms with Crippen molar-refractivity contribution in [3.05, 3.63) is 12.1 Å². The van der Waals surface area contributed by atoms with E-state index in [9.17, 15) is 0 Å². The predicted molar refractivity (Wildman–Crippen MR) is 87.3 cm³/mol. The fraction of sp³-hybridized carbons (Fsp3) is 0.533. The number of hydrogen-bond acceptors (Lipinski definition) is 5. The van der Waals surface area contributed by atoms with E-state index in [-0.39, 0.29) is 0 Å². The van der Waals surface area contributed by atoms with E-state index in [1.165, 1.54) is 24.3 Å². The Kier molecular flexibility index (Phi) is 4.14. The first-order valence-corrected chi connectivity index (χ1v) is 8.34. The third-order valence-electron chi connectivity index (χ3n) is 4.06. The summed E-state index contributed by atoms with van der Waals surface area (Å²) in [6.07, 6.45) is 2.49. The molecule has 2 N–H and O–H groups in total. The topological polar surface area (TPSA) is 62.3 Å². The molecule has 114 valence electrons. The maximum atomic E-state index is 6.12. The molecule has 0 aliphatic carbocycles. The Bertz CT molecular complexity index is 635. The molecule has 6 heteroatoms. The maximum absolute atomic E-state index is 6.12. The van der Waals surface area contributed by atoms with E-state index in [0.717, 1.165) is 17.6 Å². The second-order valence-corrected chi connectivity index (χ2v) is 6.56. The summed E-state index contributed by atoms with van der Waals surface area (Å²) in [6.45, 7) is 0.929. The Morgan fingerprint density at radius 2 is 1.90 bits per heavy atom. The van der Waals surface area contributed by atoms with E-state index in [1.54, 1.807) is 14.2 Å². The Labute approximate surface area is 128 Å². The molecule has 5 nitrogen and oxygen atoms in total. The number of nitrogens with zero attached hydrogens (tertiary/aromatic N) is 2. The van der Waals surface area contributed by atoms with Crippen LogP contribution in [0.15, 0.2) is 12.1 Å². The molecule has 3 rings (SSSR count). The highest BCUT2D eigenvalue weighted by atomic mass is 32.2. The van der Waals surface area contributed by atoms with Crippen LogP contribution in [0.2, 0.25) is 0 Å². The summed E-state index contributed by atoms with van der Waals surface area (Å²) in [5.41, 5.74) is 7.99. The molecule has 1 aromatic carbocycles. The summed E-state index contributed by atoms with van der Waals surface area (Å²) >= 11 is 2.04. The van der Waals surface area contributed by atoms with Gasteiger partial charge in [0.05, 0.1) is 25.3 Å². The highest BCUT2D eigenvalue weighted by Crippen LogP contribution is 2.34. The molecule has 2 heterocycles. The smallest absolute Gasteiger partial charge is 0.201 e. The van der Waals surface area contributed by atoms with E-state index in [1.807, 2.05) is 23.9 Å². The van der Waals surface area contributed by atoms with Crippen LogP contribution >= 0.6 is 11.8 Å². The third kappa shape index (κ3) is 2.77. The van der Waals surface area contributed by atoms with Gasteiger partial charge in [-0.25, -0.2) is 4.98 Å². The Hall–Kier alpha value is -1.56. The largest absolute Gasteiger partial charge is 0.493 e. The number of benzene rings is 1. The van der Waals surface area contributed by atoms with Gasteiger partial charge in [0.25, 0.3) is 0 Å². The zero-order chi connectivity index (χ0) is 14.8. The molecule has 1 aliphatic rings. The van der Waals surface area contributed by atoms with Crippen LogP contribution in [0.1, 0.15) is 12.8 Å². The number of nitrogens with two attached hydrogens (primary N) is 1. The minimum atomic E-state index is 0.568. The maximum Gasteiger partial charge on any atom is 0.201 e. The number of imidazole rings is 1. The number of thioether (sulfide) groups is 1. The molecule has 0 atom stereocenters. The van der Waals surface area contributed by atoms with Gasteiger partial charge in [0, 0.05) is 18.7 Å². The van der Waals surface area contributed by atoms with Crippen molar-refractivity contribution < 1.29 is 9.47 Å². The van der Waals surface area contributed by atoms with Crippen LogP contribution in [-0.2, 0) is 6.54 Å². The highest BCUT2D eigenvalue weighted by Gasteiger charge is 2.19. The van der Waals surface area contributed by atoms with Gasteiger partial charge < -0.3 is 19.8 Å². The average Bonchev–Trinajstić information content (AvgIpc) is 2.82. The van der Waals surface area contributed by atoms with E-state index in [2.05, 4.69) is 9.55 Å². The standard InChI is InChI=1S/C15H21N3O2S/c1-19-13-7-11-12(8-14(13)20-2)18(15(16)17-11)9-10-3-5-21-6-4-10/h7-8,10H,3-6,9H2,1-2H3,(H2,16,17). The number of rotatable bonds is 4. The lowest BCUT2D eigenvalue weighted by Gasteiger charge is -2.22. The second-order valence-electron chi connectivity index (χ2n) is 5.33. The molecule has 1 aliphatic heterocycles. The van der Waals surface area contributed by atoms with Crippen molar-refractivity contribution in [3.63, 3.8) is 0 Å². The van der Waals surface area contributed by atoms with Crippen molar-refractivity contribution in [1.82, 2.24) is 9.55 Å². The number of hydrogen-bond donors (Lipinski definition) is 1. The van der Waals surface area contributed by atoms with Gasteiger partial charge in [0.15, 0.2) is 11.5 Å². The Morgan fingerprint density at radius 1 is 1.24 bits per heavy atom. The van der Waals surface area contributed by atoms with Crippen LogP contribution < -0.4 is 15.2 Å². The van der Waals surface area contributed by atoms with Crippen molar-refractivity contribution in [3.8, 4) is 11.5 Å². The van der Waals surface area contributed by atoms with Crippen LogP contribution in [0.3, 0.4) is 0 Å². The van der Waals surface area contributed by atoms with Crippen molar-refractivity contribution in [2.75, 3.05) is 31.5 Å². The lowest BCUT2D eigenvalue weighted by Crippen LogP contribution is -2.17. The van der Waals surface area contributed by atoms with E-state index in [4.69, 9.17) is 15.2 Å². The van der Waals surface area contributed by atoms with Gasteiger partial charge >= 0.3 is 0 Å². The molecule has 0 bridgehead atoms. The third-order valence-corrected chi connectivity index (χ3v) is 5.11. The fourth-order valence-corrected chi connectivity index (χ4v) is 4.05. The number of ether oxygens (including phenoxy) is 2. The number of nitrogen functional groups attached to an aromatic ring is 1. The predicted octanol–water partition coefficient (Wildman–Crippen LogP) is 2.78. The highest BCUT2D eigenvalue weighted by molar-refractivity contribution is 7.99. The van der Waals surface area contributed by atoms with Crippen LogP contribution in [0.4, 0.5) is 5.95 Å². The minimum Gasteiger partial charge on any atom is -0.493 e. The molecule has 2 aromatic rings. The zero-order valence-electron chi connectivity index (χ0n) is 12.5. The van der Waals surface area contributed by atoms with Gasteiger partial charge in [0.2, 0.25) is 5.95 Å². The van der Waals surface area contributed by atoms with Gasteiger partial charge in [-0.15, -0.1) is 0 Å². The number of fused-ring (bicyclic) bond motifs is 1. The second kappa shape index (κ2) is 6.05. The van der Waals surface area contributed by atoms with Crippen LogP contribution in [-0.4, -0.2) is 35.3 Å². The monoisotopic (exact) mass is 307 g/mol. The SMILES string of the molecule is COc1cc2nc(N)n(CC3CCSCC3)c2cc1OC. The van der Waals surface area contributed by atoms with E-state index >= 15 is 0 Å². The van der Waals surface area contributed by atoms with Gasteiger partial charge in [-0.3, -0.25) is 0 Å². The molecule has 1 saturated heterocycles. The van der Waals surface area contributed by atoms with Gasteiger partial charge in [-0.05, 0) is 30.3 Å². The molecule has 1 fully saturated rings. The number of methoxy groups -OCH3 is 2. The van der Waals surface area contributed by atoms with Crippen LogP contribution in [0.5, 0.6) is 11.5 Å². The summed E-state index contributed by atoms with van der Waals surface area (Å²) in [7, 11) is 3.27. The summed E-state index contributed by atoms with van der Waals surface area (Å²) in [6, 6.07) is 3.85. The van der Waals surface area contributed by atoms with Crippen molar-refractivity contribution in [2.45, 2.75) is 19.4 Å². The lowest BCUT2D eigenvalue weighted by molar-refractivity contribution is 0.355. The Balaban J connectivity index is 1.98. The molecule has 0 saturated carbocycles. The normalized spacial score (nSPS) is 16.3. The lowest BCUT2D eigenvalue weighted by atomic mass is 10.0. The first-order valence-electron chi connectivity index (χ1n) is 7.18. The molecule has 21 heavy (non-hydrogen) atoms. The summed E-state index contributed by atoms with van der Waals surface area (Å²) in [4.78, 5) is 4.46. The van der Waals surface area contributed by atoms with Crippen LogP contribution in [0.25, 0.3) is 11.0 Å². The molecule has 0 unspecified atom stereocenters. The molecular weight excluding hydrogens is 286 g/mol. The van der Waals surface area contributed by atoms with Crippen molar-refractivity contribution in [1.29, 1.82) is 0 Å². The fourth-order valence-electron chi connectivity index (χ4n) is 2.85. The van der Waals surface area contributed by atoms with Gasteiger partial charge in [-0.2, -0.15) is 11.8 Å². The first kappa shape index (κ1) is 14.4. The Morgan fingerprint density at radius 3 is 2.57 bits per heavy atom. The zero-order valence-corrected chi connectivity index (χ0v) is 13.3. The van der Waals surface area contributed by atoms with Crippen LogP contribution in [0, 0.1) is 5.92 Å². The average molecular weight is 307 g/mol. The number of anilines is 1. The van der Waals surface area contributed by atoms with E-state index < -0.39 is 0 Å². The summed E-state index contributed by atoms with van der Waals surface area (Å²) < 4.78 is 12.8. The van der Waals surface area contributed by atoms with Gasteiger partial charge in [0.1, 0.15) is 0 Å². The minimum absolute atomic E-state index is 0.568. The molecule has 1 aromatic heterocycles.